The lowest BCUT2D eigenvalue weighted by atomic mass is 9.78. The highest BCUT2D eigenvalue weighted by atomic mass is 16.3. The number of benzene rings is 2. The van der Waals surface area contributed by atoms with Crippen LogP contribution in [0.25, 0.3) is 0 Å². The summed E-state index contributed by atoms with van der Waals surface area (Å²) in [5.74, 6) is 0.0316. The van der Waals surface area contributed by atoms with Crippen molar-refractivity contribution in [1.82, 2.24) is 4.90 Å². The Morgan fingerprint density at radius 2 is 1.75 bits per heavy atom. The maximum Gasteiger partial charge on any atom is 0.255 e. The molecule has 0 fully saturated rings. The minimum absolute atomic E-state index is 0.0316. The molecule has 2 aromatic carbocycles. The van der Waals surface area contributed by atoms with E-state index in [-0.39, 0.29) is 12.5 Å². The summed E-state index contributed by atoms with van der Waals surface area (Å²) in [6.45, 7) is 0.581. The highest BCUT2D eigenvalue weighted by Gasteiger charge is 2.52. The largest absolute Gasteiger partial charge is 0.393 e. The minimum atomic E-state index is -0.692. The molecule has 0 spiro atoms. The number of nitrogens with zero attached hydrogens (tertiary/aromatic N) is 1. The molecule has 0 saturated heterocycles. The van der Waals surface area contributed by atoms with Crippen molar-refractivity contribution in [2.75, 3.05) is 13.2 Å². The van der Waals surface area contributed by atoms with Crippen molar-refractivity contribution in [2.24, 2.45) is 0 Å². The van der Waals surface area contributed by atoms with Crippen LogP contribution in [0.5, 0.6) is 0 Å². The lowest BCUT2D eigenvalue weighted by molar-refractivity contribution is 0.0429. The summed E-state index contributed by atoms with van der Waals surface area (Å²) in [4.78, 5) is 14.5. The van der Waals surface area contributed by atoms with Gasteiger partial charge in [-0.15, -0.1) is 0 Å². The molecule has 2 aliphatic rings. The summed E-state index contributed by atoms with van der Waals surface area (Å²) in [6.07, 6.45) is 0.845. The van der Waals surface area contributed by atoms with E-state index in [0.717, 1.165) is 23.1 Å². The predicted octanol–water partition coefficient (Wildman–Crippen LogP) is 1.93. The second kappa shape index (κ2) is 3.93. The van der Waals surface area contributed by atoms with E-state index in [1.54, 1.807) is 0 Å². The molecule has 1 amide bonds. The van der Waals surface area contributed by atoms with Gasteiger partial charge in [0.25, 0.3) is 5.91 Å². The van der Waals surface area contributed by atoms with Crippen molar-refractivity contribution < 1.29 is 9.90 Å². The zero-order valence-electron chi connectivity index (χ0n) is 11.0. The van der Waals surface area contributed by atoms with Crippen molar-refractivity contribution in [3.63, 3.8) is 0 Å². The maximum absolute atomic E-state index is 12.6. The van der Waals surface area contributed by atoms with Gasteiger partial charge in [-0.3, -0.25) is 4.79 Å². The second-order valence-corrected chi connectivity index (χ2v) is 5.43. The molecule has 1 atom stereocenters. The van der Waals surface area contributed by atoms with Crippen LogP contribution in [0.4, 0.5) is 0 Å². The molecule has 2 aromatic rings. The summed E-state index contributed by atoms with van der Waals surface area (Å²) in [5.41, 5.74) is 3.25. The molecule has 100 valence electrons. The molecular weight excluding hydrogens is 250 g/mol. The smallest absolute Gasteiger partial charge is 0.255 e. The Morgan fingerprint density at radius 1 is 1.05 bits per heavy atom. The first-order chi connectivity index (χ1) is 9.79. The number of hydrogen-bond acceptors (Lipinski definition) is 2. The third kappa shape index (κ3) is 1.21. The first kappa shape index (κ1) is 11.7. The van der Waals surface area contributed by atoms with Crippen LogP contribution in [0.15, 0.2) is 48.5 Å². The fourth-order valence-electron chi connectivity index (χ4n) is 3.71. The monoisotopic (exact) mass is 265 g/mol. The van der Waals surface area contributed by atoms with Crippen LogP contribution in [-0.4, -0.2) is 29.1 Å². The normalized spacial score (nSPS) is 23.2. The van der Waals surface area contributed by atoms with Gasteiger partial charge in [0.05, 0.1) is 6.61 Å². The SMILES string of the molecule is O=C1c2ccccc2C2(CO)c3ccccc3CCN12. The van der Waals surface area contributed by atoms with Crippen molar-refractivity contribution >= 4 is 5.91 Å². The summed E-state index contributed by atoms with van der Waals surface area (Å²) in [5, 5.41) is 10.2. The van der Waals surface area contributed by atoms with Crippen molar-refractivity contribution in [1.29, 1.82) is 0 Å². The fourth-order valence-corrected chi connectivity index (χ4v) is 3.71. The van der Waals surface area contributed by atoms with Gasteiger partial charge in [0.1, 0.15) is 5.54 Å². The van der Waals surface area contributed by atoms with Crippen molar-refractivity contribution in [2.45, 2.75) is 12.0 Å². The van der Waals surface area contributed by atoms with Gasteiger partial charge in [-0.2, -0.15) is 0 Å². The zero-order chi connectivity index (χ0) is 13.7. The number of aliphatic hydroxyl groups is 1. The molecule has 0 bridgehead atoms. The van der Waals surface area contributed by atoms with Crippen LogP contribution >= 0.6 is 0 Å². The van der Waals surface area contributed by atoms with E-state index in [0.29, 0.717) is 6.54 Å². The first-order valence-electron chi connectivity index (χ1n) is 6.90. The average molecular weight is 265 g/mol. The molecule has 2 aliphatic heterocycles. The van der Waals surface area contributed by atoms with Crippen LogP contribution < -0.4 is 0 Å². The second-order valence-electron chi connectivity index (χ2n) is 5.43. The third-order valence-electron chi connectivity index (χ3n) is 4.61. The molecule has 0 aliphatic carbocycles. The van der Waals surface area contributed by atoms with E-state index in [2.05, 4.69) is 6.07 Å². The van der Waals surface area contributed by atoms with Crippen LogP contribution in [0, 0.1) is 0 Å². The zero-order valence-corrected chi connectivity index (χ0v) is 11.0. The van der Waals surface area contributed by atoms with E-state index in [4.69, 9.17) is 0 Å². The highest BCUT2D eigenvalue weighted by Crippen LogP contribution is 2.47. The summed E-state index contributed by atoms with van der Waals surface area (Å²) in [7, 11) is 0. The lowest BCUT2D eigenvalue weighted by Gasteiger charge is -2.43. The number of aliphatic hydroxyl groups excluding tert-OH is 1. The number of fused-ring (bicyclic) bond motifs is 5. The van der Waals surface area contributed by atoms with Crippen LogP contribution in [0.1, 0.15) is 27.0 Å². The van der Waals surface area contributed by atoms with E-state index < -0.39 is 5.54 Å². The first-order valence-corrected chi connectivity index (χ1v) is 6.90. The molecule has 2 heterocycles. The van der Waals surface area contributed by atoms with Gasteiger partial charge < -0.3 is 10.0 Å². The number of rotatable bonds is 1. The van der Waals surface area contributed by atoms with Crippen molar-refractivity contribution in [3.05, 3.63) is 70.8 Å². The van der Waals surface area contributed by atoms with Gasteiger partial charge in [0, 0.05) is 12.1 Å². The van der Waals surface area contributed by atoms with Gasteiger partial charge in [0.15, 0.2) is 0 Å². The quantitative estimate of drug-likeness (QED) is 0.856. The van der Waals surface area contributed by atoms with Gasteiger partial charge in [-0.1, -0.05) is 42.5 Å². The molecule has 3 nitrogen and oxygen atoms in total. The molecule has 20 heavy (non-hydrogen) atoms. The van der Waals surface area contributed by atoms with Gasteiger partial charge in [-0.25, -0.2) is 0 Å². The Bertz CT molecular complexity index is 710. The topological polar surface area (TPSA) is 40.5 Å². The number of carbonyl (C=O) groups is 1. The Hall–Kier alpha value is -2.13. The Morgan fingerprint density at radius 3 is 2.55 bits per heavy atom. The molecule has 4 rings (SSSR count). The Labute approximate surface area is 117 Å². The summed E-state index contributed by atoms with van der Waals surface area (Å²) < 4.78 is 0. The number of amides is 1. The molecule has 1 N–H and O–H groups in total. The summed E-state index contributed by atoms with van der Waals surface area (Å²) in [6, 6.07) is 15.8. The van der Waals surface area contributed by atoms with E-state index in [1.165, 1.54) is 5.56 Å². The van der Waals surface area contributed by atoms with Crippen LogP contribution in [-0.2, 0) is 12.0 Å². The fraction of sp³-hybridized carbons (Fsp3) is 0.235. The molecule has 0 radical (unpaired) electrons. The molecule has 1 unspecified atom stereocenters. The number of carbonyl (C=O) groups excluding carboxylic acids is 1. The minimum Gasteiger partial charge on any atom is -0.393 e. The molecular formula is C17H15NO2. The molecule has 0 saturated carbocycles. The van der Waals surface area contributed by atoms with Crippen LogP contribution in [0.3, 0.4) is 0 Å². The standard InChI is InChI=1S/C17H15NO2/c19-11-17-14-7-3-1-5-12(14)9-10-18(17)16(20)13-6-2-4-8-15(13)17/h1-8,19H,9-11H2. The third-order valence-corrected chi connectivity index (χ3v) is 4.61. The molecule has 3 heteroatoms. The van der Waals surface area contributed by atoms with Gasteiger partial charge >= 0.3 is 0 Å². The van der Waals surface area contributed by atoms with E-state index in [1.807, 2.05) is 47.4 Å². The van der Waals surface area contributed by atoms with Crippen molar-refractivity contribution in [3.8, 4) is 0 Å². The lowest BCUT2D eigenvalue weighted by Crippen LogP contribution is -2.51. The predicted molar refractivity (Wildman–Crippen MR) is 75.5 cm³/mol. The summed E-state index contributed by atoms with van der Waals surface area (Å²) >= 11 is 0. The highest BCUT2D eigenvalue weighted by molar-refractivity contribution is 6.01. The van der Waals surface area contributed by atoms with Gasteiger partial charge in [-0.05, 0) is 29.2 Å². The number of hydrogen-bond donors (Lipinski definition) is 1. The maximum atomic E-state index is 12.6. The van der Waals surface area contributed by atoms with Crippen LogP contribution in [0.2, 0.25) is 0 Å². The Balaban J connectivity index is 2.07. The molecule has 0 aromatic heterocycles. The Kier molecular flexibility index (Phi) is 2.30. The average Bonchev–Trinajstić information content (AvgIpc) is 2.78. The van der Waals surface area contributed by atoms with E-state index in [9.17, 15) is 9.90 Å². The van der Waals surface area contributed by atoms with E-state index >= 15 is 0 Å². The van der Waals surface area contributed by atoms with Gasteiger partial charge in [0.2, 0.25) is 0 Å².